The number of hydrogen-bond donors (Lipinski definition) is 0. The predicted molar refractivity (Wildman–Crippen MR) is 171 cm³/mol. The van der Waals surface area contributed by atoms with Crippen LogP contribution in [0.3, 0.4) is 0 Å². The van der Waals surface area contributed by atoms with Crippen molar-refractivity contribution in [1.29, 1.82) is 0 Å². The van der Waals surface area contributed by atoms with E-state index in [1.54, 1.807) is 0 Å². The van der Waals surface area contributed by atoms with Crippen molar-refractivity contribution in [3.05, 3.63) is 140 Å². The van der Waals surface area contributed by atoms with E-state index < -0.39 is 0 Å². The van der Waals surface area contributed by atoms with E-state index in [9.17, 15) is 0 Å². The average Bonchev–Trinajstić information content (AvgIpc) is 3.08. The Labute approximate surface area is 269 Å². The van der Waals surface area contributed by atoms with Crippen LogP contribution in [0.1, 0.15) is 0 Å². The van der Waals surface area contributed by atoms with Gasteiger partial charge in [-0.05, 0) is 57.6 Å². The summed E-state index contributed by atoms with van der Waals surface area (Å²) in [5.74, 6) is 3.11. The van der Waals surface area contributed by atoms with E-state index >= 15 is 0 Å². The molecule has 0 bridgehead atoms. The molecule has 208 valence electrons. The smallest absolute Gasteiger partial charge is 0.503 e. The molecule has 44 heavy (non-hydrogen) atoms. The minimum absolute atomic E-state index is 0. The zero-order valence-electron chi connectivity index (χ0n) is 23.2. The molecule has 4 nitrogen and oxygen atoms in total. The fraction of sp³-hybridized carbons (Fsp3) is 0. The van der Waals surface area contributed by atoms with Gasteiger partial charge in [0, 0.05) is 29.4 Å². The number of rotatable bonds is 3. The summed E-state index contributed by atoms with van der Waals surface area (Å²) in [6, 6.07) is 46.4. The molecule has 0 amide bonds. The maximum absolute atomic E-state index is 6.44. The molecule has 0 aliphatic carbocycles. The van der Waals surface area contributed by atoms with Crippen LogP contribution in [0, 0.1) is 12.1 Å². The Morgan fingerprint density at radius 1 is 0.545 bits per heavy atom. The van der Waals surface area contributed by atoms with Crippen molar-refractivity contribution < 1.29 is 30.5 Å². The van der Waals surface area contributed by atoms with Gasteiger partial charge in [-0.2, -0.15) is 0 Å². The van der Waals surface area contributed by atoms with Gasteiger partial charge in [-0.25, -0.2) is 0 Å². The summed E-state index contributed by atoms with van der Waals surface area (Å²) < 4.78 is 12.9. The van der Waals surface area contributed by atoms with Crippen LogP contribution in [0.25, 0.3) is 44.4 Å². The second kappa shape index (κ2) is 10.6. The van der Waals surface area contributed by atoms with Crippen LogP contribution in [-0.4, -0.2) is 16.7 Å². The summed E-state index contributed by atoms with van der Waals surface area (Å²) in [5.41, 5.74) is 8.69. The summed E-state index contributed by atoms with van der Waals surface area (Å²) in [6.45, 7) is -0.175. The van der Waals surface area contributed by atoms with Gasteiger partial charge in [0.15, 0.2) is 0 Å². The monoisotopic (exact) mass is 743 g/mol. The summed E-state index contributed by atoms with van der Waals surface area (Å²) in [6.07, 6.45) is 3.71. The number of ether oxygens (including phenoxy) is 2. The molecule has 0 unspecified atom stereocenters. The topological polar surface area (TPSA) is 44.2 Å². The molecule has 0 N–H and O–H groups in total. The molecule has 9 rings (SSSR count). The van der Waals surface area contributed by atoms with Gasteiger partial charge >= 0.3 is 21.1 Å². The molecular weight excluding hydrogens is 722 g/mol. The normalized spacial score (nSPS) is 12.2. The van der Waals surface area contributed by atoms with E-state index in [1.165, 1.54) is 0 Å². The molecule has 0 saturated carbocycles. The van der Waals surface area contributed by atoms with Gasteiger partial charge in [0.05, 0.1) is 0 Å². The van der Waals surface area contributed by atoms with E-state index in [1.807, 2.05) is 97.3 Å². The Hall–Kier alpha value is -4.99. The van der Waals surface area contributed by atoms with Crippen molar-refractivity contribution in [2.45, 2.75) is 0 Å². The molecule has 2 aliphatic heterocycles. The van der Waals surface area contributed by atoms with Crippen molar-refractivity contribution in [2.24, 2.45) is 0 Å². The van der Waals surface area contributed by atoms with Crippen LogP contribution in [0.4, 0.5) is 0 Å². The summed E-state index contributed by atoms with van der Waals surface area (Å²) in [5, 5.41) is 2.23. The quantitative estimate of drug-likeness (QED) is 0.145. The first-order chi connectivity index (χ1) is 21.3. The Morgan fingerprint density at radius 3 is 2.02 bits per heavy atom. The van der Waals surface area contributed by atoms with Crippen LogP contribution in [0.2, 0.25) is 0 Å². The maximum Gasteiger partial charge on any atom is 2.00 e. The van der Waals surface area contributed by atoms with Gasteiger partial charge in [0.2, 0.25) is 6.71 Å². The second-order valence-corrected chi connectivity index (χ2v) is 10.8. The zero-order chi connectivity index (χ0) is 28.3. The Bertz CT molecular complexity index is 2200. The van der Waals surface area contributed by atoms with E-state index in [0.29, 0.717) is 0 Å². The minimum atomic E-state index is -0.175. The molecule has 0 spiro atoms. The van der Waals surface area contributed by atoms with Gasteiger partial charge in [-0.15, -0.1) is 58.5 Å². The van der Waals surface area contributed by atoms with Crippen LogP contribution < -0.4 is 25.9 Å². The SMILES string of the molecule is [Pt+2].[c-]1c(-c2cc(-c3ccccc3)ccn2)ccc2c1B1c3[c-]c(-c4nccc5ccccc45)ccc3Oc3cccc(c31)O2. The van der Waals surface area contributed by atoms with E-state index in [4.69, 9.17) is 19.4 Å². The van der Waals surface area contributed by atoms with Crippen molar-refractivity contribution in [3.8, 4) is 56.6 Å². The van der Waals surface area contributed by atoms with Crippen molar-refractivity contribution in [2.75, 3.05) is 0 Å². The predicted octanol–water partition coefficient (Wildman–Crippen LogP) is 6.96. The van der Waals surface area contributed by atoms with Crippen molar-refractivity contribution >= 4 is 33.9 Å². The Morgan fingerprint density at radius 2 is 1.23 bits per heavy atom. The van der Waals surface area contributed by atoms with E-state index in [-0.39, 0.29) is 27.8 Å². The summed E-state index contributed by atoms with van der Waals surface area (Å²) >= 11 is 0. The standard InChI is InChI=1S/C38H21BN2O2.Pt/c1-2-7-24(8-3-1)26-18-19-40-32(23-26)27-13-15-33-30(21-27)39-31-22-28(38-29-10-5-4-9-25(29)17-20-41-38)14-16-34(31)43-36-12-6-11-35(42-33)37(36)39;/h1-20,23H;/q-2;+2. The van der Waals surface area contributed by atoms with Crippen molar-refractivity contribution in [3.63, 3.8) is 0 Å². The average molecular weight is 743 g/mol. The van der Waals surface area contributed by atoms with Gasteiger partial charge in [0.1, 0.15) is 11.5 Å². The third-order valence-corrected chi connectivity index (χ3v) is 8.28. The molecule has 4 heterocycles. The number of nitrogens with zero attached hydrogens (tertiary/aromatic N) is 2. The van der Waals surface area contributed by atoms with Gasteiger partial charge in [0.25, 0.3) is 0 Å². The third-order valence-electron chi connectivity index (χ3n) is 8.28. The van der Waals surface area contributed by atoms with E-state index in [2.05, 4.69) is 42.5 Å². The number of benzene rings is 5. The fourth-order valence-electron chi connectivity index (χ4n) is 6.27. The second-order valence-electron chi connectivity index (χ2n) is 10.8. The first-order valence-electron chi connectivity index (χ1n) is 14.3. The van der Waals surface area contributed by atoms with Gasteiger partial charge in [-0.1, -0.05) is 66.7 Å². The molecule has 2 aliphatic rings. The van der Waals surface area contributed by atoms with Gasteiger partial charge < -0.3 is 19.4 Å². The number of fused-ring (bicyclic) bond motifs is 5. The molecule has 0 radical (unpaired) electrons. The number of hydrogen-bond acceptors (Lipinski definition) is 4. The fourth-order valence-corrected chi connectivity index (χ4v) is 6.27. The minimum Gasteiger partial charge on any atom is -0.503 e. The molecule has 0 saturated heterocycles. The molecule has 6 heteroatoms. The van der Waals surface area contributed by atoms with E-state index in [0.717, 1.165) is 83.8 Å². The van der Waals surface area contributed by atoms with Gasteiger partial charge in [-0.3, -0.25) is 0 Å². The largest absolute Gasteiger partial charge is 2.00 e. The first-order valence-corrected chi connectivity index (χ1v) is 14.3. The van der Waals surface area contributed by atoms with Crippen LogP contribution in [0.5, 0.6) is 23.0 Å². The number of pyridine rings is 2. The Balaban J connectivity index is 0.00000289. The Kier molecular flexibility index (Phi) is 6.43. The summed E-state index contributed by atoms with van der Waals surface area (Å²) in [4.78, 5) is 9.50. The summed E-state index contributed by atoms with van der Waals surface area (Å²) in [7, 11) is 0. The molecular formula is C38H21BN2O2Pt. The first kappa shape index (κ1) is 26.6. The molecule has 2 aromatic heterocycles. The molecule has 5 aromatic carbocycles. The zero-order valence-corrected chi connectivity index (χ0v) is 25.5. The molecule has 7 aromatic rings. The van der Waals surface area contributed by atoms with Crippen LogP contribution in [-0.2, 0) is 21.1 Å². The van der Waals surface area contributed by atoms with Crippen molar-refractivity contribution in [1.82, 2.24) is 9.97 Å². The van der Waals surface area contributed by atoms with Crippen LogP contribution in [0.15, 0.2) is 128 Å². The number of aromatic nitrogens is 2. The van der Waals surface area contributed by atoms with Crippen LogP contribution >= 0.6 is 0 Å². The molecule has 0 atom stereocenters. The maximum atomic E-state index is 6.44. The molecule has 0 fully saturated rings. The third kappa shape index (κ3) is 4.27.